The van der Waals surface area contributed by atoms with Crippen molar-refractivity contribution in [1.82, 2.24) is 9.97 Å². The van der Waals surface area contributed by atoms with Gasteiger partial charge in [-0.1, -0.05) is 48.5 Å². The molecule has 1 N–H and O–H groups in total. The maximum absolute atomic E-state index is 10.7. The quantitative estimate of drug-likeness (QED) is 0.575. The molecule has 124 valence electrons. The molecule has 4 rings (SSSR count). The fraction of sp³-hybridized carbons (Fsp3) is 0.100. The van der Waals surface area contributed by atoms with Gasteiger partial charge in [-0.25, -0.2) is 9.97 Å². The molecule has 2 aromatic heterocycles. The van der Waals surface area contributed by atoms with Gasteiger partial charge in [-0.3, -0.25) is 0 Å². The second kappa shape index (κ2) is 7.01. The van der Waals surface area contributed by atoms with E-state index in [1.165, 1.54) is 16.4 Å². The van der Waals surface area contributed by atoms with E-state index in [2.05, 4.69) is 28.2 Å². The first-order valence-corrected chi connectivity index (χ1v) is 8.88. The van der Waals surface area contributed by atoms with E-state index in [1.54, 1.807) is 17.5 Å². The third-order valence-electron chi connectivity index (χ3n) is 4.06. The summed E-state index contributed by atoms with van der Waals surface area (Å²) >= 11 is 1.69. The highest BCUT2D eigenvalue weighted by atomic mass is 32.1. The number of aromatic nitrogens is 2. The van der Waals surface area contributed by atoms with Crippen molar-refractivity contribution in [2.45, 2.75) is 6.10 Å². The largest absolute Gasteiger partial charge is 0.387 e. The number of hydrogen-bond acceptors (Lipinski definition) is 5. The van der Waals surface area contributed by atoms with Gasteiger partial charge in [0, 0.05) is 10.9 Å². The lowest BCUT2D eigenvalue weighted by atomic mass is 10.1. The topological polar surface area (TPSA) is 49.2 Å². The molecule has 0 aliphatic carbocycles. The van der Waals surface area contributed by atoms with E-state index in [9.17, 15) is 5.11 Å². The fourth-order valence-electron chi connectivity index (χ4n) is 2.79. The van der Waals surface area contributed by atoms with Crippen molar-refractivity contribution in [2.24, 2.45) is 0 Å². The van der Waals surface area contributed by atoms with Gasteiger partial charge in [0.15, 0.2) is 0 Å². The molecule has 0 bridgehead atoms. The predicted octanol–water partition coefficient (Wildman–Crippen LogP) is 4.56. The summed E-state index contributed by atoms with van der Waals surface area (Å²) in [4.78, 5) is 10.4. The summed E-state index contributed by atoms with van der Waals surface area (Å²) in [6.45, 7) is 0.424. The van der Waals surface area contributed by atoms with Gasteiger partial charge in [0.1, 0.15) is 12.1 Å². The van der Waals surface area contributed by atoms with E-state index in [4.69, 9.17) is 0 Å². The molecular formula is C20H17N3OS. The van der Waals surface area contributed by atoms with Gasteiger partial charge < -0.3 is 10.0 Å². The minimum Gasteiger partial charge on any atom is -0.387 e. The Morgan fingerprint density at radius 1 is 1.00 bits per heavy atom. The van der Waals surface area contributed by atoms with Crippen LogP contribution in [0.1, 0.15) is 11.7 Å². The Hall–Kier alpha value is -2.76. The lowest BCUT2D eigenvalue weighted by Crippen LogP contribution is -2.24. The van der Waals surface area contributed by atoms with Crippen LogP contribution in [0, 0.1) is 0 Å². The number of fused-ring (bicyclic) bond motifs is 1. The second-order valence-corrected chi connectivity index (χ2v) is 6.79. The molecule has 0 saturated heterocycles. The van der Waals surface area contributed by atoms with Gasteiger partial charge in [0.05, 0.1) is 17.6 Å². The van der Waals surface area contributed by atoms with Crippen LogP contribution in [0.15, 0.2) is 79.3 Å². The van der Waals surface area contributed by atoms with Crippen LogP contribution in [0.4, 0.5) is 10.8 Å². The lowest BCUT2D eigenvalue weighted by Gasteiger charge is -2.25. The zero-order valence-corrected chi connectivity index (χ0v) is 14.3. The zero-order valence-electron chi connectivity index (χ0n) is 13.5. The second-order valence-electron chi connectivity index (χ2n) is 5.73. The molecule has 0 fully saturated rings. The van der Waals surface area contributed by atoms with Gasteiger partial charge in [-0.05, 0) is 29.1 Å². The minimum atomic E-state index is -0.610. The maximum Gasteiger partial charge on any atom is 0.137 e. The van der Waals surface area contributed by atoms with E-state index >= 15 is 0 Å². The van der Waals surface area contributed by atoms with Gasteiger partial charge in [-0.2, -0.15) is 0 Å². The molecule has 1 atom stereocenters. The molecule has 25 heavy (non-hydrogen) atoms. The molecule has 0 spiro atoms. The van der Waals surface area contributed by atoms with E-state index in [0.717, 1.165) is 16.4 Å². The number of thiophene rings is 1. The molecule has 2 heterocycles. The van der Waals surface area contributed by atoms with Crippen molar-refractivity contribution in [1.29, 1.82) is 0 Å². The highest BCUT2D eigenvalue weighted by Crippen LogP contribution is 2.36. The molecule has 5 heteroatoms. The predicted molar refractivity (Wildman–Crippen MR) is 102 cm³/mol. The van der Waals surface area contributed by atoms with Crippen LogP contribution in [-0.2, 0) is 0 Å². The van der Waals surface area contributed by atoms with Crippen molar-refractivity contribution in [3.63, 3.8) is 0 Å². The molecule has 1 unspecified atom stereocenters. The SMILES string of the molecule is OC(CN(c1ccncn1)c1cc2ccccc2s1)c1ccccc1. The van der Waals surface area contributed by atoms with Crippen molar-refractivity contribution in [3.05, 3.63) is 84.8 Å². The van der Waals surface area contributed by atoms with Crippen LogP contribution in [0.3, 0.4) is 0 Å². The molecule has 2 aromatic carbocycles. The van der Waals surface area contributed by atoms with E-state index in [0.29, 0.717) is 6.54 Å². The molecule has 0 amide bonds. The summed E-state index contributed by atoms with van der Waals surface area (Å²) < 4.78 is 1.21. The van der Waals surface area contributed by atoms with Crippen LogP contribution in [0.2, 0.25) is 0 Å². The van der Waals surface area contributed by atoms with Gasteiger partial charge in [-0.15, -0.1) is 11.3 Å². The normalized spacial score (nSPS) is 12.2. The minimum absolute atomic E-state index is 0.424. The molecule has 0 saturated carbocycles. The van der Waals surface area contributed by atoms with E-state index in [-0.39, 0.29) is 0 Å². The third kappa shape index (κ3) is 3.38. The first kappa shape index (κ1) is 15.7. The van der Waals surface area contributed by atoms with Gasteiger partial charge >= 0.3 is 0 Å². The summed E-state index contributed by atoms with van der Waals surface area (Å²) in [6, 6.07) is 22.0. The molecular weight excluding hydrogens is 330 g/mol. The summed E-state index contributed by atoms with van der Waals surface area (Å²) in [6.07, 6.45) is 2.64. The number of hydrogen-bond donors (Lipinski definition) is 1. The Kier molecular flexibility index (Phi) is 4.41. The highest BCUT2D eigenvalue weighted by molar-refractivity contribution is 7.22. The first-order valence-electron chi connectivity index (χ1n) is 8.06. The van der Waals surface area contributed by atoms with Crippen molar-refractivity contribution >= 4 is 32.2 Å². The average molecular weight is 347 g/mol. The Morgan fingerprint density at radius 2 is 1.80 bits per heavy atom. The highest BCUT2D eigenvalue weighted by Gasteiger charge is 2.18. The van der Waals surface area contributed by atoms with Crippen LogP contribution in [0.5, 0.6) is 0 Å². The van der Waals surface area contributed by atoms with Crippen molar-refractivity contribution in [3.8, 4) is 0 Å². The van der Waals surface area contributed by atoms with Gasteiger partial charge in [0.25, 0.3) is 0 Å². The zero-order chi connectivity index (χ0) is 17.1. The molecule has 0 radical (unpaired) electrons. The number of benzene rings is 2. The Morgan fingerprint density at radius 3 is 2.56 bits per heavy atom. The third-order valence-corrected chi connectivity index (χ3v) is 5.20. The lowest BCUT2D eigenvalue weighted by molar-refractivity contribution is 0.186. The average Bonchev–Trinajstić information content (AvgIpc) is 3.11. The van der Waals surface area contributed by atoms with Crippen LogP contribution in [0.25, 0.3) is 10.1 Å². The van der Waals surface area contributed by atoms with Crippen molar-refractivity contribution in [2.75, 3.05) is 11.4 Å². The number of anilines is 2. The Balaban J connectivity index is 1.72. The van der Waals surface area contributed by atoms with Crippen molar-refractivity contribution < 1.29 is 5.11 Å². The van der Waals surface area contributed by atoms with Crippen LogP contribution >= 0.6 is 11.3 Å². The van der Waals surface area contributed by atoms with Crippen LogP contribution < -0.4 is 4.90 Å². The van der Waals surface area contributed by atoms with E-state index in [1.807, 2.05) is 53.4 Å². The molecule has 4 aromatic rings. The fourth-order valence-corrected chi connectivity index (χ4v) is 3.88. The number of rotatable bonds is 5. The monoisotopic (exact) mass is 347 g/mol. The molecule has 0 aliphatic rings. The first-order chi connectivity index (χ1) is 12.3. The number of nitrogens with zero attached hydrogens (tertiary/aromatic N) is 3. The Bertz CT molecular complexity index is 923. The van der Waals surface area contributed by atoms with Gasteiger partial charge in [0.2, 0.25) is 0 Å². The Labute approximate surface area is 150 Å². The standard InChI is InChI=1S/C20H17N3OS/c24-17(15-6-2-1-3-7-15)13-23(19-10-11-21-14-22-19)20-12-16-8-4-5-9-18(16)25-20/h1-12,14,17,24H,13H2. The summed E-state index contributed by atoms with van der Waals surface area (Å²) in [5.41, 5.74) is 0.891. The summed E-state index contributed by atoms with van der Waals surface area (Å²) in [5, 5.41) is 12.9. The molecule has 0 aliphatic heterocycles. The number of aliphatic hydroxyl groups excluding tert-OH is 1. The van der Waals surface area contributed by atoms with Crippen LogP contribution in [-0.4, -0.2) is 21.6 Å². The maximum atomic E-state index is 10.7. The summed E-state index contributed by atoms with van der Waals surface area (Å²) in [5.74, 6) is 0.775. The number of aliphatic hydroxyl groups is 1. The molecule has 4 nitrogen and oxygen atoms in total. The summed E-state index contributed by atoms with van der Waals surface area (Å²) in [7, 11) is 0. The smallest absolute Gasteiger partial charge is 0.137 e. The van der Waals surface area contributed by atoms with E-state index < -0.39 is 6.10 Å².